The summed E-state index contributed by atoms with van der Waals surface area (Å²) in [5.74, 6) is 5.77. The monoisotopic (exact) mass is 328 g/mol. The van der Waals surface area contributed by atoms with E-state index in [2.05, 4.69) is 51.7 Å². The van der Waals surface area contributed by atoms with Gasteiger partial charge in [0.05, 0.1) is 22.4 Å². The Balaban J connectivity index is 2.48. The molecule has 2 aromatic heterocycles. The van der Waals surface area contributed by atoms with Gasteiger partial charge < -0.3 is 0 Å². The van der Waals surface area contributed by atoms with Gasteiger partial charge in [-0.05, 0) is 46.3 Å². The standard InChI is InChI=1S/C12H17BrN4S/c1-3-8-5-6-18-12(8)10(16-14)11-9(13)7-15-17(11)4-2/h5-7,10,16H,3-4,14H2,1-2H3. The van der Waals surface area contributed by atoms with E-state index in [4.69, 9.17) is 5.84 Å². The molecule has 0 radical (unpaired) electrons. The molecule has 3 N–H and O–H groups in total. The Morgan fingerprint density at radius 3 is 2.94 bits per heavy atom. The smallest absolute Gasteiger partial charge is 0.0984 e. The van der Waals surface area contributed by atoms with Crippen LogP contribution in [0.2, 0.25) is 0 Å². The Kier molecular flexibility index (Phi) is 4.55. The van der Waals surface area contributed by atoms with Crippen molar-refractivity contribution in [2.24, 2.45) is 5.84 Å². The molecule has 0 aliphatic heterocycles. The number of nitrogens with two attached hydrogens (primary N) is 1. The van der Waals surface area contributed by atoms with Crippen molar-refractivity contribution in [3.8, 4) is 0 Å². The third-order valence-electron chi connectivity index (χ3n) is 3.00. The van der Waals surface area contributed by atoms with Crippen molar-refractivity contribution in [1.29, 1.82) is 0 Å². The number of hydrogen-bond acceptors (Lipinski definition) is 4. The maximum atomic E-state index is 5.77. The number of nitrogens with one attached hydrogen (secondary N) is 1. The van der Waals surface area contributed by atoms with Crippen LogP contribution >= 0.6 is 27.3 Å². The van der Waals surface area contributed by atoms with E-state index in [0.29, 0.717) is 0 Å². The normalized spacial score (nSPS) is 12.9. The average Bonchev–Trinajstić information content (AvgIpc) is 2.98. The zero-order chi connectivity index (χ0) is 13.1. The number of hydrazine groups is 1. The van der Waals surface area contributed by atoms with Gasteiger partial charge in [-0.1, -0.05) is 6.92 Å². The fourth-order valence-corrected chi connectivity index (χ4v) is 3.67. The molecular weight excluding hydrogens is 312 g/mol. The second kappa shape index (κ2) is 5.97. The summed E-state index contributed by atoms with van der Waals surface area (Å²) in [7, 11) is 0. The SMILES string of the molecule is CCc1ccsc1C(NN)c1c(Br)cnn1CC. The molecule has 0 amide bonds. The summed E-state index contributed by atoms with van der Waals surface area (Å²) in [5, 5.41) is 6.46. The number of nitrogens with zero attached hydrogens (tertiary/aromatic N) is 2. The molecule has 1 atom stereocenters. The predicted molar refractivity (Wildman–Crippen MR) is 78.5 cm³/mol. The first kappa shape index (κ1) is 13.7. The lowest BCUT2D eigenvalue weighted by Gasteiger charge is -2.18. The summed E-state index contributed by atoms with van der Waals surface area (Å²) in [6.45, 7) is 5.06. The number of thiophene rings is 1. The van der Waals surface area contributed by atoms with Crippen LogP contribution in [0.1, 0.15) is 36.0 Å². The molecule has 18 heavy (non-hydrogen) atoms. The van der Waals surface area contributed by atoms with Crippen LogP contribution in [0.4, 0.5) is 0 Å². The van der Waals surface area contributed by atoms with Crippen LogP contribution in [-0.2, 0) is 13.0 Å². The van der Waals surface area contributed by atoms with E-state index in [1.807, 2.05) is 10.9 Å². The van der Waals surface area contributed by atoms with Crippen LogP contribution < -0.4 is 11.3 Å². The number of aryl methyl sites for hydroxylation is 2. The first-order valence-electron chi connectivity index (χ1n) is 5.96. The van der Waals surface area contributed by atoms with Gasteiger partial charge in [0.2, 0.25) is 0 Å². The van der Waals surface area contributed by atoms with E-state index in [-0.39, 0.29) is 6.04 Å². The molecule has 0 aliphatic rings. The number of rotatable bonds is 5. The molecule has 6 heteroatoms. The Morgan fingerprint density at radius 2 is 2.33 bits per heavy atom. The molecular formula is C12H17BrN4S. The summed E-state index contributed by atoms with van der Waals surface area (Å²) in [6, 6.07) is 2.14. The molecule has 2 aromatic rings. The second-order valence-corrected chi connectivity index (χ2v) is 5.76. The molecule has 0 saturated carbocycles. The highest BCUT2D eigenvalue weighted by atomic mass is 79.9. The summed E-state index contributed by atoms with van der Waals surface area (Å²) in [6.07, 6.45) is 2.83. The maximum Gasteiger partial charge on any atom is 0.0984 e. The van der Waals surface area contributed by atoms with Gasteiger partial charge in [-0.2, -0.15) is 5.10 Å². The third kappa shape index (κ3) is 2.38. The van der Waals surface area contributed by atoms with Gasteiger partial charge in [-0.3, -0.25) is 10.5 Å². The van der Waals surface area contributed by atoms with Crippen LogP contribution in [-0.4, -0.2) is 9.78 Å². The molecule has 0 aliphatic carbocycles. The molecule has 2 heterocycles. The van der Waals surface area contributed by atoms with Gasteiger partial charge in [-0.25, -0.2) is 5.43 Å². The molecule has 0 saturated heterocycles. The third-order valence-corrected chi connectivity index (χ3v) is 4.63. The predicted octanol–water partition coefficient (Wildman–Crippen LogP) is 2.84. The zero-order valence-electron chi connectivity index (χ0n) is 10.5. The Morgan fingerprint density at radius 1 is 1.56 bits per heavy atom. The van der Waals surface area contributed by atoms with Crippen LogP contribution in [0, 0.1) is 0 Å². The van der Waals surface area contributed by atoms with Crippen molar-refractivity contribution in [3.63, 3.8) is 0 Å². The molecule has 0 bridgehead atoms. The fourth-order valence-electron chi connectivity index (χ4n) is 2.08. The van der Waals surface area contributed by atoms with Gasteiger partial charge in [0.15, 0.2) is 0 Å². The maximum absolute atomic E-state index is 5.77. The molecule has 0 fully saturated rings. The van der Waals surface area contributed by atoms with E-state index in [1.165, 1.54) is 10.4 Å². The van der Waals surface area contributed by atoms with Crippen molar-refractivity contribution in [1.82, 2.24) is 15.2 Å². The Labute approximate surface area is 119 Å². The highest BCUT2D eigenvalue weighted by Gasteiger charge is 2.23. The van der Waals surface area contributed by atoms with Crippen LogP contribution in [0.3, 0.4) is 0 Å². The minimum absolute atomic E-state index is 0.0169. The van der Waals surface area contributed by atoms with Crippen molar-refractivity contribution < 1.29 is 0 Å². The summed E-state index contributed by atoms with van der Waals surface area (Å²) < 4.78 is 2.95. The van der Waals surface area contributed by atoms with Crippen molar-refractivity contribution >= 4 is 27.3 Å². The number of halogens is 1. The lowest BCUT2D eigenvalue weighted by Crippen LogP contribution is -2.31. The average molecular weight is 329 g/mol. The van der Waals surface area contributed by atoms with Crippen LogP contribution in [0.25, 0.3) is 0 Å². The first-order valence-corrected chi connectivity index (χ1v) is 7.63. The van der Waals surface area contributed by atoms with E-state index in [9.17, 15) is 0 Å². The quantitative estimate of drug-likeness (QED) is 0.655. The molecule has 0 aromatic carbocycles. The molecule has 98 valence electrons. The largest absolute Gasteiger partial charge is 0.270 e. The van der Waals surface area contributed by atoms with E-state index in [0.717, 1.165) is 23.1 Å². The number of aromatic nitrogens is 2. The highest BCUT2D eigenvalue weighted by Crippen LogP contribution is 2.33. The van der Waals surface area contributed by atoms with Gasteiger partial charge in [-0.15, -0.1) is 11.3 Å². The molecule has 4 nitrogen and oxygen atoms in total. The van der Waals surface area contributed by atoms with E-state index in [1.54, 1.807) is 11.3 Å². The fraction of sp³-hybridized carbons (Fsp3) is 0.417. The highest BCUT2D eigenvalue weighted by molar-refractivity contribution is 9.10. The minimum atomic E-state index is -0.0169. The second-order valence-electron chi connectivity index (χ2n) is 3.96. The first-order chi connectivity index (χ1) is 8.72. The van der Waals surface area contributed by atoms with Crippen molar-refractivity contribution in [2.45, 2.75) is 32.9 Å². The molecule has 1 unspecified atom stereocenters. The van der Waals surface area contributed by atoms with Crippen molar-refractivity contribution in [2.75, 3.05) is 0 Å². The molecule has 0 spiro atoms. The Bertz CT molecular complexity index is 520. The minimum Gasteiger partial charge on any atom is -0.270 e. The zero-order valence-corrected chi connectivity index (χ0v) is 12.9. The Hall–Kier alpha value is -0.690. The number of hydrogen-bond donors (Lipinski definition) is 2. The summed E-state index contributed by atoms with van der Waals surface area (Å²) in [5.41, 5.74) is 5.33. The van der Waals surface area contributed by atoms with E-state index < -0.39 is 0 Å². The van der Waals surface area contributed by atoms with Crippen LogP contribution in [0.15, 0.2) is 22.1 Å². The van der Waals surface area contributed by atoms with Gasteiger partial charge in [0.25, 0.3) is 0 Å². The topological polar surface area (TPSA) is 55.9 Å². The van der Waals surface area contributed by atoms with Gasteiger partial charge >= 0.3 is 0 Å². The van der Waals surface area contributed by atoms with Gasteiger partial charge in [0.1, 0.15) is 0 Å². The van der Waals surface area contributed by atoms with Crippen LogP contribution in [0.5, 0.6) is 0 Å². The van der Waals surface area contributed by atoms with Crippen molar-refractivity contribution in [3.05, 3.63) is 38.3 Å². The molecule has 2 rings (SSSR count). The lowest BCUT2D eigenvalue weighted by molar-refractivity contribution is 0.545. The van der Waals surface area contributed by atoms with Gasteiger partial charge in [0, 0.05) is 11.4 Å². The lowest BCUT2D eigenvalue weighted by atomic mass is 10.1. The van der Waals surface area contributed by atoms with E-state index >= 15 is 0 Å². The summed E-state index contributed by atoms with van der Waals surface area (Å²) >= 11 is 5.29. The summed E-state index contributed by atoms with van der Waals surface area (Å²) in [4.78, 5) is 1.26.